The Balaban J connectivity index is 1.59. The largest absolute Gasteiger partial charge is 0.303 e. The van der Waals surface area contributed by atoms with Gasteiger partial charge >= 0.3 is 0 Å². The van der Waals surface area contributed by atoms with Crippen molar-refractivity contribution in [2.75, 3.05) is 0 Å². The van der Waals surface area contributed by atoms with Gasteiger partial charge < -0.3 is 4.79 Å². The fourth-order valence-corrected chi connectivity index (χ4v) is 11.0. The lowest BCUT2D eigenvalue weighted by molar-refractivity contribution is -0.251. The van der Waals surface area contributed by atoms with Crippen molar-refractivity contribution in [2.24, 2.45) is 56.2 Å². The fourth-order valence-electron chi connectivity index (χ4n) is 11.0. The Morgan fingerprint density at radius 1 is 0.781 bits per heavy atom. The zero-order valence-electron chi connectivity index (χ0n) is 22.0. The monoisotopic (exact) mass is 440 g/mol. The molecular formula is C30H48O2. The summed E-state index contributed by atoms with van der Waals surface area (Å²) in [5, 5.41) is 0. The minimum atomic E-state index is -0.402. The van der Waals surface area contributed by atoms with Crippen molar-refractivity contribution in [1.82, 2.24) is 0 Å². The van der Waals surface area contributed by atoms with E-state index in [2.05, 4.69) is 48.5 Å². The molecule has 5 rings (SSSR count). The van der Waals surface area contributed by atoms with Gasteiger partial charge in [0.15, 0.2) is 0 Å². The summed E-state index contributed by atoms with van der Waals surface area (Å²) >= 11 is 0. The van der Waals surface area contributed by atoms with Gasteiger partial charge in [0, 0.05) is 17.8 Å². The Bertz CT molecular complexity index is 829. The molecule has 2 nitrogen and oxygen atoms in total. The minimum Gasteiger partial charge on any atom is -0.303 e. The van der Waals surface area contributed by atoms with Gasteiger partial charge in [-0.25, -0.2) is 0 Å². The maximum atomic E-state index is 13.5. The number of Topliss-reactive ketones (excluding diaryl/α,β-unsaturated/α-hetero) is 1. The maximum Gasteiger partial charge on any atom is 0.137 e. The average molecular weight is 441 g/mol. The molecule has 5 aliphatic carbocycles. The Morgan fingerprint density at radius 3 is 2.09 bits per heavy atom. The molecule has 0 aromatic heterocycles. The SMILES string of the molecule is C[C@H]1CCC(=O)[C@H]2[C@]3(C)CC[C@@]4(C)[C@@H]5CC(C)(C)CC[C@]5(C)CC[C@]4(C)[C@H]3CC[C@]12C=O. The van der Waals surface area contributed by atoms with E-state index in [1.54, 1.807) is 0 Å². The van der Waals surface area contributed by atoms with E-state index in [4.69, 9.17) is 0 Å². The highest BCUT2D eigenvalue weighted by molar-refractivity contribution is 5.88. The second kappa shape index (κ2) is 6.72. The van der Waals surface area contributed by atoms with Gasteiger partial charge in [-0.2, -0.15) is 0 Å². The summed E-state index contributed by atoms with van der Waals surface area (Å²) < 4.78 is 0. The molecule has 0 bridgehead atoms. The predicted molar refractivity (Wildman–Crippen MR) is 130 cm³/mol. The molecule has 2 heteroatoms. The van der Waals surface area contributed by atoms with Gasteiger partial charge in [0.25, 0.3) is 0 Å². The van der Waals surface area contributed by atoms with E-state index < -0.39 is 5.41 Å². The lowest BCUT2D eigenvalue weighted by Gasteiger charge is -2.74. The lowest BCUT2D eigenvalue weighted by atomic mass is 9.30. The van der Waals surface area contributed by atoms with Gasteiger partial charge in [-0.15, -0.1) is 0 Å². The Morgan fingerprint density at radius 2 is 1.41 bits per heavy atom. The highest BCUT2D eigenvalue weighted by Gasteiger charge is 2.72. The zero-order chi connectivity index (χ0) is 23.4. The normalized spacial score (nSPS) is 56.9. The summed E-state index contributed by atoms with van der Waals surface area (Å²) in [5.74, 6) is 2.05. The number of rotatable bonds is 1. The molecule has 5 fully saturated rings. The summed E-state index contributed by atoms with van der Waals surface area (Å²) in [6.45, 7) is 17.6. The third-order valence-electron chi connectivity index (χ3n) is 13.4. The Hall–Kier alpha value is -0.660. The van der Waals surface area contributed by atoms with E-state index in [1.807, 2.05) is 0 Å². The number of hydrogen-bond donors (Lipinski definition) is 0. The van der Waals surface area contributed by atoms with Crippen LogP contribution in [-0.4, -0.2) is 12.1 Å². The first-order valence-electron chi connectivity index (χ1n) is 13.8. The molecule has 0 unspecified atom stereocenters. The van der Waals surface area contributed by atoms with E-state index in [0.717, 1.165) is 31.6 Å². The Labute approximate surface area is 197 Å². The van der Waals surface area contributed by atoms with Crippen LogP contribution >= 0.6 is 0 Å². The van der Waals surface area contributed by atoms with E-state index in [-0.39, 0.29) is 16.7 Å². The fraction of sp³-hybridized carbons (Fsp3) is 0.933. The maximum absolute atomic E-state index is 13.5. The number of fused-ring (bicyclic) bond motifs is 7. The van der Waals surface area contributed by atoms with Crippen LogP contribution in [0.3, 0.4) is 0 Å². The lowest BCUT2D eigenvalue weighted by Crippen LogP contribution is -2.69. The van der Waals surface area contributed by atoms with Gasteiger partial charge in [-0.1, -0.05) is 48.5 Å². The second-order valence-corrected chi connectivity index (χ2v) is 15.1. The summed E-state index contributed by atoms with van der Waals surface area (Å²) in [6.07, 6.45) is 14.0. The third kappa shape index (κ3) is 2.65. The number of hydrogen-bond acceptors (Lipinski definition) is 2. The minimum absolute atomic E-state index is 0.0168. The first-order chi connectivity index (χ1) is 14.8. The average Bonchev–Trinajstić information content (AvgIpc) is 2.73. The van der Waals surface area contributed by atoms with Crippen molar-refractivity contribution in [1.29, 1.82) is 0 Å². The molecule has 0 saturated heterocycles. The molecule has 0 aromatic rings. The summed E-state index contributed by atoms with van der Waals surface area (Å²) in [4.78, 5) is 26.2. The molecule has 32 heavy (non-hydrogen) atoms. The van der Waals surface area contributed by atoms with Crippen molar-refractivity contribution in [3.63, 3.8) is 0 Å². The Kier molecular flexibility index (Phi) is 4.85. The molecule has 180 valence electrons. The molecule has 0 aromatic carbocycles. The molecule has 9 atom stereocenters. The van der Waals surface area contributed by atoms with Gasteiger partial charge in [0.2, 0.25) is 0 Å². The first-order valence-corrected chi connectivity index (χ1v) is 13.8. The highest BCUT2D eigenvalue weighted by Crippen LogP contribution is 2.78. The number of carbonyl (C=O) groups is 2. The quantitative estimate of drug-likeness (QED) is 0.393. The van der Waals surface area contributed by atoms with Gasteiger partial charge in [-0.05, 0) is 109 Å². The van der Waals surface area contributed by atoms with Crippen LogP contribution in [0.4, 0.5) is 0 Å². The summed E-state index contributed by atoms with van der Waals surface area (Å²) in [7, 11) is 0. The molecule has 0 aliphatic heterocycles. The van der Waals surface area contributed by atoms with Crippen molar-refractivity contribution in [2.45, 2.75) is 119 Å². The third-order valence-corrected chi connectivity index (χ3v) is 13.4. The van der Waals surface area contributed by atoms with Crippen LogP contribution in [0.25, 0.3) is 0 Å². The number of ketones is 1. The molecule has 5 saturated carbocycles. The van der Waals surface area contributed by atoms with Crippen LogP contribution in [0.2, 0.25) is 0 Å². The topological polar surface area (TPSA) is 34.1 Å². The zero-order valence-corrected chi connectivity index (χ0v) is 22.0. The smallest absolute Gasteiger partial charge is 0.137 e. The summed E-state index contributed by atoms with van der Waals surface area (Å²) in [6, 6.07) is 0. The van der Waals surface area contributed by atoms with E-state index in [1.165, 1.54) is 44.8 Å². The van der Waals surface area contributed by atoms with Gasteiger partial charge in [0.1, 0.15) is 12.1 Å². The molecule has 0 N–H and O–H groups in total. The van der Waals surface area contributed by atoms with E-state index in [0.29, 0.717) is 40.3 Å². The van der Waals surface area contributed by atoms with Crippen LogP contribution < -0.4 is 0 Å². The van der Waals surface area contributed by atoms with Crippen molar-refractivity contribution >= 4 is 12.1 Å². The highest BCUT2D eigenvalue weighted by atomic mass is 16.1. The van der Waals surface area contributed by atoms with Crippen molar-refractivity contribution in [3.8, 4) is 0 Å². The predicted octanol–water partition coefficient (Wildman–Crippen LogP) is 7.64. The summed E-state index contributed by atoms with van der Waals surface area (Å²) in [5.41, 5.74) is 1.12. The van der Waals surface area contributed by atoms with Crippen molar-refractivity contribution < 1.29 is 9.59 Å². The molecular weight excluding hydrogens is 392 g/mol. The molecule has 0 amide bonds. The number of aldehydes is 1. The molecule has 0 radical (unpaired) electrons. The van der Waals surface area contributed by atoms with E-state index >= 15 is 0 Å². The second-order valence-electron chi connectivity index (χ2n) is 15.1. The molecule has 0 spiro atoms. The van der Waals surface area contributed by atoms with Crippen LogP contribution in [0, 0.1) is 56.2 Å². The van der Waals surface area contributed by atoms with Gasteiger partial charge in [-0.3, -0.25) is 4.79 Å². The van der Waals surface area contributed by atoms with Crippen LogP contribution in [0.5, 0.6) is 0 Å². The standard InChI is InChI=1S/C30H48O2/c1-20-8-9-21(32)24-27(5)15-17-29(7)23-18-25(2,3)12-13-26(23,4)14-16-28(29,6)22(27)10-11-30(20,24)19-31/h19-20,22-24H,8-18H2,1-7H3/t20-,22-,23+,24-,26+,27+,28+,29-,30-/m0/s1. The van der Waals surface area contributed by atoms with Crippen LogP contribution in [-0.2, 0) is 9.59 Å². The molecule has 5 aliphatic rings. The molecule has 0 heterocycles. The van der Waals surface area contributed by atoms with Crippen LogP contribution in [0.15, 0.2) is 0 Å². The van der Waals surface area contributed by atoms with Crippen LogP contribution in [0.1, 0.15) is 119 Å². The first kappa shape index (κ1) is 23.1. The van der Waals surface area contributed by atoms with E-state index in [9.17, 15) is 9.59 Å². The number of carbonyl (C=O) groups excluding carboxylic acids is 2. The van der Waals surface area contributed by atoms with Gasteiger partial charge in [0.05, 0.1) is 0 Å². The van der Waals surface area contributed by atoms with Crippen molar-refractivity contribution in [3.05, 3.63) is 0 Å².